The highest BCUT2D eigenvalue weighted by molar-refractivity contribution is 8.02. The molecule has 1 atom stereocenters. The largest absolute Gasteiger partial charge is 0.366 e. The maximum atomic E-state index is 5.49. The first-order valence-corrected chi connectivity index (χ1v) is 6.79. The number of rotatable bonds is 5. The molecule has 0 aliphatic heterocycles. The van der Waals surface area contributed by atoms with Crippen molar-refractivity contribution in [3.05, 3.63) is 77.2 Å². The highest BCUT2D eigenvalue weighted by atomic mass is 32.2. The molecule has 0 amide bonds. The van der Waals surface area contributed by atoms with Crippen LogP contribution in [0.5, 0.6) is 0 Å². The third kappa shape index (κ3) is 3.76. The fourth-order valence-corrected chi connectivity index (χ4v) is 2.44. The van der Waals surface area contributed by atoms with E-state index < -0.39 is 0 Å². The molecule has 0 aliphatic carbocycles. The number of hydrogen-bond donors (Lipinski definition) is 0. The standard InChI is InChI=1S/C16H16OS/c1-17-16(15-10-6-3-7-11-15)18-13-12-14-8-4-2-5-9-14/h2-13,16H,1H3/b13-12+. The zero-order valence-corrected chi connectivity index (χ0v) is 11.1. The Balaban J connectivity index is 1.98. The van der Waals surface area contributed by atoms with E-state index in [1.807, 2.05) is 36.4 Å². The molecule has 0 heterocycles. The van der Waals surface area contributed by atoms with Gasteiger partial charge in [0.25, 0.3) is 0 Å². The third-order valence-electron chi connectivity index (χ3n) is 2.55. The summed E-state index contributed by atoms with van der Waals surface area (Å²) in [5.41, 5.74) is 2.43. The van der Waals surface area contributed by atoms with Crippen LogP contribution in [0.25, 0.3) is 6.08 Å². The fraction of sp³-hybridized carbons (Fsp3) is 0.125. The van der Waals surface area contributed by atoms with Gasteiger partial charge in [-0.05, 0) is 22.6 Å². The third-order valence-corrected chi connectivity index (χ3v) is 3.55. The van der Waals surface area contributed by atoms with Gasteiger partial charge < -0.3 is 4.74 Å². The Morgan fingerprint density at radius 1 is 0.944 bits per heavy atom. The van der Waals surface area contributed by atoms with E-state index in [1.54, 1.807) is 18.9 Å². The highest BCUT2D eigenvalue weighted by Crippen LogP contribution is 2.30. The van der Waals surface area contributed by atoms with E-state index in [0.29, 0.717) is 0 Å². The van der Waals surface area contributed by atoms with E-state index >= 15 is 0 Å². The Morgan fingerprint density at radius 2 is 1.56 bits per heavy atom. The van der Waals surface area contributed by atoms with E-state index in [2.05, 4.69) is 35.7 Å². The molecule has 18 heavy (non-hydrogen) atoms. The first-order valence-electron chi connectivity index (χ1n) is 5.85. The van der Waals surface area contributed by atoms with Crippen molar-refractivity contribution in [2.45, 2.75) is 5.44 Å². The van der Waals surface area contributed by atoms with Crippen LogP contribution in [0.1, 0.15) is 16.6 Å². The lowest BCUT2D eigenvalue weighted by Crippen LogP contribution is -1.94. The zero-order chi connectivity index (χ0) is 12.6. The Morgan fingerprint density at radius 3 is 2.17 bits per heavy atom. The van der Waals surface area contributed by atoms with Crippen molar-refractivity contribution in [3.63, 3.8) is 0 Å². The van der Waals surface area contributed by atoms with Gasteiger partial charge >= 0.3 is 0 Å². The predicted molar refractivity (Wildman–Crippen MR) is 79.3 cm³/mol. The van der Waals surface area contributed by atoms with Crippen LogP contribution in [0.4, 0.5) is 0 Å². The number of hydrogen-bond acceptors (Lipinski definition) is 2. The molecule has 2 rings (SSSR count). The summed E-state index contributed by atoms with van der Waals surface area (Å²) in [5, 5.41) is 2.08. The lowest BCUT2D eigenvalue weighted by Gasteiger charge is -2.12. The van der Waals surface area contributed by atoms with Gasteiger partial charge in [-0.25, -0.2) is 0 Å². The Bertz CT molecular complexity index is 479. The van der Waals surface area contributed by atoms with Gasteiger partial charge in [0.1, 0.15) is 5.44 Å². The van der Waals surface area contributed by atoms with E-state index in [1.165, 1.54) is 11.1 Å². The molecule has 0 radical (unpaired) electrons. The molecule has 2 aromatic carbocycles. The van der Waals surface area contributed by atoms with Crippen LogP contribution < -0.4 is 0 Å². The van der Waals surface area contributed by atoms with Crippen LogP contribution in [0.3, 0.4) is 0 Å². The fourth-order valence-electron chi connectivity index (χ4n) is 1.63. The van der Waals surface area contributed by atoms with Crippen LogP contribution in [0.15, 0.2) is 66.1 Å². The monoisotopic (exact) mass is 256 g/mol. The second-order valence-electron chi connectivity index (χ2n) is 3.83. The Hall–Kier alpha value is -1.51. The molecule has 0 spiro atoms. The van der Waals surface area contributed by atoms with Crippen molar-refractivity contribution >= 4 is 17.8 Å². The van der Waals surface area contributed by atoms with Gasteiger partial charge in [-0.1, -0.05) is 72.4 Å². The average Bonchev–Trinajstić information content (AvgIpc) is 2.46. The molecule has 2 aromatic rings. The molecule has 0 bridgehead atoms. The summed E-state index contributed by atoms with van der Waals surface area (Å²) in [4.78, 5) is 0. The minimum absolute atomic E-state index is 0.0474. The second kappa shape index (κ2) is 7.04. The molecule has 1 nitrogen and oxygen atoms in total. The van der Waals surface area contributed by atoms with Crippen molar-refractivity contribution in [2.75, 3.05) is 7.11 Å². The van der Waals surface area contributed by atoms with Crippen molar-refractivity contribution in [1.29, 1.82) is 0 Å². The molecule has 0 N–H and O–H groups in total. The molecular weight excluding hydrogens is 240 g/mol. The first-order chi connectivity index (χ1) is 8.90. The number of benzene rings is 2. The summed E-state index contributed by atoms with van der Waals surface area (Å²) in [6.45, 7) is 0. The van der Waals surface area contributed by atoms with Gasteiger partial charge in [-0.3, -0.25) is 0 Å². The molecule has 1 unspecified atom stereocenters. The lowest BCUT2D eigenvalue weighted by atomic mass is 10.2. The number of thioether (sulfide) groups is 1. The Labute approximate surface area is 112 Å². The summed E-state index contributed by atoms with van der Waals surface area (Å²) in [6.07, 6.45) is 2.10. The van der Waals surface area contributed by atoms with Crippen molar-refractivity contribution in [2.24, 2.45) is 0 Å². The molecule has 0 aromatic heterocycles. The first kappa shape index (κ1) is 12.9. The van der Waals surface area contributed by atoms with Gasteiger partial charge in [-0.2, -0.15) is 0 Å². The quantitative estimate of drug-likeness (QED) is 0.715. The zero-order valence-electron chi connectivity index (χ0n) is 10.3. The van der Waals surface area contributed by atoms with Crippen LogP contribution in [0, 0.1) is 0 Å². The minimum atomic E-state index is 0.0474. The van der Waals surface area contributed by atoms with Gasteiger partial charge in [-0.15, -0.1) is 0 Å². The van der Waals surface area contributed by atoms with Gasteiger partial charge in [0.2, 0.25) is 0 Å². The normalized spacial score (nSPS) is 12.7. The number of ether oxygens (including phenoxy) is 1. The maximum absolute atomic E-state index is 5.49. The molecule has 92 valence electrons. The smallest absolute Gasteiger partial charge is 0.131 e. The molecule has 0 aliphatic rings. The molecule has 0 saturated heterocycles. The lowest BCUT2D eigenvalue weighted by molar-refractivity contribution is 0.176. The van der Waals surface area contributed by atoms with Crippen LogP contribution >= 0.6 is 11.8 Å². The van der Waals surface area contributed by atoms with Gasteiger partial charge in [0.05, 0.1) is 0 Å². The van der Waals surface area contributed by atoms with Crippen molar-refractivity contribution in [3.8, 4) is 0 Å². The topological polar surface area (TPSA) is 9.23 Å². The van der Waals surface area contributed by atoms with Crippen LogP contribution in [-0.4, -0.2) is 7.11 Å². The van der Waals surface area contributed by atoms with E-state index in [0.717, 1.165) is 0 Å². The van der Waals surface area contributed by atoms with Crippen LogP contribution in [-0.2, 0) is 4.74 Å². The summed E-state index contributed by atoms with van der Waals surface area (Å²) in [7, 11) is 1.74. The number of methoxy groups -OCH3 is 1. The highest BCUT2D eigenvalue weighted by Gasteiger charge is 2.07. The van der Waals surface area contributed by atoms with Gasteiger partial charge in [0.15, 0.2) is 0 Å². The van der Waals surface area contributed by atoms with Crippen molar-refractivity contribution < 1.29 is 4.74 Å². The Kier molecular flexibility index (Phi) is 5.06. The maximum Gasteiger partial charge on any atom is 0.131 e. The molecule has 0 saturated carbocycles. The summed E-state index contributed by atoms with van der Waals surface area (Å²) >= 11 is 1.67. The van der Waals surface area contributed by atoms with Crippen LogP contribution in [0.2, 0.25) is 0 Å². The van der Waals surface area contributed by atoms with E-state index in [-0.39, 0.29) is 5.44 Å². The second-order valence-corrected chi connectivity index (χ2v) is 4.80. The van der Waals surface area contributed by atoms with Gasteiger partial charge in [0, 0.05) is 7.11 Å². The molecule has 0 fully saturated rings. The molecule has 2 heteroatoms. The van der Waals surface area contributed by atoms with E-state index in [4.69, 9.17) is 4.74 Å². The predicted octanol–water partition coefficient (Wildman–Crippen LogP) is 4.74. The minimum Gasteiger partial charge on any atom is -0.366 e. The summed E-state index contributed by atoms with van der Waals surface area (Å²) < 4.78 is 5.49. The molecular formula is C16H16OS. The SMILES string of the molecule is COC(S/C=C/c1ccccc1)c1ccccc1. The summed E-state index contributed by atoms with van der Waals surface area (Å²) in [5.74, 6) is 0. The summed E-state index contributed by atoms with van der Waals surface area (Å²) in [6, 6.07) is 20.5. The average molecular weight is 256 g/mol. The van der Waals surface area contributed by atoms with Crippen molar-refractivity contribution in [1.82, 2.24) is 0 Å². The van der Waals surface area contributed by atoms with E-state index in [9.17, 15) is 0 Å².